The Hall–Kier alpha value is -2.52. The summed E-state index contributed by atoms with van der Waals surface area (Å²) in [6.07, 6.45) is 0.694. The maximum absolute atomic E-state index is 12.0. The molecule has 0 spiro atoms. The molecule has 1 aromatic carbocycles. The first kappa shape index (κ1) is 19.2. The number of ether oxygens (including phenoxy) is 2. The number of thioether (sulfide) groups is 1. The first-order valence-electron chi connectivity index (χ1n) is 8.17. The average Bonchev–Trinajstić information content (AvgIpc) is 3.37. The molecule has 3 rings (SSSR count). The van der Waals surface area contributed by atoms with Gasteiger partial charge in [0, 0.05) is 6.54 Å². The number of benzene rings is 1. The molecule has 0 fully saturated rings. The van der Waals surface area contributed by atoms with Gasteiger partial charge in [-0.25, -0.2) is 0 Å². The largest absolute Gasteiger partial charge is 0.493 e. The van der Waals surface area contributed by atoms with Gasteiger partial charge in [-0.05, 0) is 35.6 Å². The SMILES string of the molecule is COc1ccc(CCNC(=O)CSc2nnc(-c3cccs3)o2)cc1OC. The molecule has 1 amide bonds. The molecule has 2 heterocycles. The van der Waals surface area contributed by atoms with Crippen LogP contribution < -0.4 is 14.8 Å². The first-order valence-corrected chi connectivity index (χ1v) is 10.0. The molecular weight excluding hydrogens is 386 g/mol. The van der Waals surface area contributed by atoms with E-state index in [2.05, 4.69) is 15.5 Å². The van der Waals surface area contributed by atoms with E-state index >= 15 is 0 Å². The van der Waals surface area contributed by atoms with Crippen molar-refractivity contribution in [2.24, 2.45) is 0 Å². The van der Waals surface area contributed by atoms with Crippen LogP contribution in [0.1, 0.15) is 5.56 Å². The highest BCUT2D eigenvalue weighted by Crippen LogP contribution is 2.28. The Bertz CT molecular complexity index is 881. The number of carbonyl (C=O) groups is 1. The minimum Gasteiger partial charge on any atom is -0.493 e. The third kappa shape index (κ3) is 5.24. The lowest BCUT2D eigenvalue weighted by Crippen LogP contribution is -2.27. The fourth-order valence-electron chi connectivity index (χ4n) is 2.33. The summed E-state index contributed by atoms with van der Waals surface area (Å²) in [4.78, 5) is 12.9. The fourth-order valence-corrected chi connectivity index (χ4v) is 3.57. The highest BCUT2D eigenvalue weighted by molar-refractivity contribution is 7.99. The van der Waals surface area contributed by atoms with E-state index in [0.717, 1.165) is 10.4 Å². The van der Waals surface area contributed by atoms with Crippen LogP contribution in [0.2, 0.25) is 0 Å². The van der Waals surface area contributed by atoms with Crippen LogP contribution in [-0.4, -0.2) is 42.6 Å². The number of nitrogens with zero attached hydrogens (tertiary/aromatic N) is 2. The standard InChI is InChI=1S/C18H19N3O4S2/c1-23-13-6-5-12(10-14(13)24-2)7-8-19-16(22)11-27-18-21-20-17(25-18)15-4-3-9-26-15/h3-6,9-10H,7-8,11H2,1-2H3,(H,19,22). The fraction of sp³-hybridized carbons (Fsp3) is 0.278. The maximum Gasteiger partial charge on any atom is 0.277 e. The van der Waals surface area contributed by atoms with Crippen LogP contribution in [-0.2, 0) is 11.2 Å². The van der Waals surface area contributed by atoms with Gasteiger partial charge in [0.05, 0.1) is 24.8 Å². The third-order valence-corrected chi connectivity index (χ3v) is 5.33. The molecule has 0 atom stereocenters. The highest BCUT2D eigenvalue weighted by atomic mass is 32.2. The molecule has 0 saturated carbocycles. The van der Waals surface area contributed by atoms with Gasteiger partial charge in [-0.2, -0.15) is 0 Å². The number of aromatic nitrogens is 2. The molecule has 0 aliphatic heterocycles. The predicted octanol–water partition coefficient (Wildman–Crippen LogP) is 3.27. The van der Waals surface area contributed by atoms with Crippen LogP contribution in [0.15, 0.2) is 45.4 Å². The summed E-state index contributed by atoms with van der Waals surface area (Å²) >= 11 is 2.75. The molecule has 1 N–H and O–H groups in total. The molecule has 2 aromatic heterocycles. The Morgan fingerprint density at radius 1 is 1.22 bits per heavy atom. The molecule has 0 unspecified atom stereocenters. The number of methoxy groups -OCH3 is 2. The Balaban J connectivity index is 1.42. The maximum atomic E-state index is 12.0. The van der Waals surface area contributed by atoms with Crippen LogP contribution in [0.5, 0.6) is 11.5 Å². The van der Waals surface area contributed by atoms with Gasteiger partial charge in [-0.3, -0.25) is 4.79 Å². The minimum atomic E-state index is -0.0867. The number of thiophene rings is 1. The highest BCUT2D eigenvalue weighted by Gasteiger charge is 2.12. The molecule has 27 heavy (non-hydrogen) atoms. The summed E-state index contributed by atoms with van der Waals surface area (Å²) in [5.41, 5.74) is 1.05. The van der Waals surface area contributed by atoms with Crippen molar-refractivity contribution in [2.45, 2.75) is 11.6 Å². The quantitative estimate of drug-likeness (QED) is 0.547. The number of nitrogens with one attached hydrogen (secondary N) is 1. The number of carbonyl (C=O) groups excluding carboxylic acids is 1. The van der Waals surface area contributed by atoms with E-state index in [0.29, 0.717) is 35.6 Å². The van der Waals surface area contributed by atoms with E-state index < -0.39 is 0 Å². The monoisotopic (exact) mass is 405 g/mol. The Morgan fingerprint density at radius 2 is 2.07 bits per heavy atom. The van der Waals surface area contributed by atoms with Crippen molar-refractivity contribution in [1.82, 2.24) is 15.5 Å². The summed E-state index contributed by atoms with van der Waals surface area (Å²) in [5.74, 6) is 1.97. The van der Waals surface area contributed by atoms with Gasteiger partial charge in [0.1, 0.15) is 0 Å². The third-order valence-electron chi connectivity index (χ3n) is 3.65. The zero-order valence-electron chi connectivity index (χ0n) is 14.9. The minimum absolute atomic E-state index is 0.0867. The molecule has 142 valence electrons. The molecule has 9 heteroatoms. The van der Waals surface area contributed by atoms with Crippen molar-refractivity contribution >= 4 is 29.0 Å². The lowest BCUT2D eigenvalue weighted by molar-refractivity contribution is -0.118. The Morgan fingerprint density at radius 3 is 2.81 bits per heavy atom. The van der Waals surface area contributed by atoms with Crippen molar-refractivity contribution in [3.63, 3.8) is 0 Å². The van der Waals surface area contributed by atoms with Gasteiger partial charge in [0.2, 0.25) is 5.91 Å². The number of hydrogen-bond donors (Lipinski definition) is 1. The summed E-state index contributed by atoms with van der Waals surface area (Å²) in [6.45, 7) is 0.527. The van der Waals surface area contributed by atoms with Crippen molar-refractivity contribution in [1.29, 1.82) is 0 Å². The second-order valence-corrected chi connectivity index (χ2v) is 7.30. The van der Waals surface area contributed by atoms with E-state index in [1.807, 2.05) is 35.7 Å². The van der Waals surface area contributed by atoms with E-state index in [1.165, 1.54) is 23.1 Å². The summed E-state index contributed by atoms with van der Waals surface area (Å²) in [6, 6.07) is 9.54. The molecule has 7 nitrogen and oxygen atoms in total. The van der Waals surface area contributed by atoms with Crippen LogP contribution in [0.4, 0.5) is 0 Å². The van der Waals surface area contributed by atoms with Crippen LogP contribution >= 0.6 is 23.1 Å². The normalized spacial score (nSPS) is 10.6. The smallest absolute Gasteiger partial charge is 0.277 e. The predicted molar refractivity (Wildman–Crippen MR) is 105 cm³/mol. The van der Waals surface area contributed by atoms with Gasteiger partial charge >= 0.3 is 0 Å². The van der Waals surface area contributed by atoms with Crippen LogP contribution in [0.25, 0.3) is 10.8 Å². The van der Waals surface area contributed by atoms with Gasteiger partial charge in [-0.1, -0.05) is 23.9 Å². The van der Waals surface area contributed by atoms with Gasteiger partial charge in [-0.15, -0.1) is 21.5 Å². The summed E-state index contributed by atoms with van der Waals surface area (Å²) in [7, 11) is 3.20. The zero-order valence-corrected chi connectivity index (χ0v) is 16.6. The van der Waals surface area contributed by atoms with E-state index in [1.54, 1.807) is 14.2 Å². The van der Waals surface area contributed by atoms with Gasteiger partial charge < -0.3 is 19.2 Å². The molecule has 0 aliphatic rings. The number of rotatable bonds is 9. The zero-order chi connectivity index (χ0) is 19.1. The Labute approximate surface area is 165 Å². The molecule has 0 aliphatic carbocycles. The van der Waals surface area contributed by atoms with Gasteiger partial charge in [0.25, 0.3) is 11.1 Å². The van der Waals surface area contributed by atoms with Crippen LogP contribution in [0.3, 0.4) is 0 Å². The second kappa shape index (κ2) is 9.43. The lowest BCUT2D eigenvalue weighted by atomic mass is 10.1. The summed E-state index contributed by atoms with van der Waals surface area (Å²) in [5, 5.41) is 13.2. The van der Waals surface area contributed by atoms with E-state index in [-0.39, 0.29) is 11.7 Å². The first-order chi connectivity index (χ1) is 13.2. The van der Waals surface area contributed by atoms with Crippen molar-refractivity contribution in [2.75, 3.05) is 26.5 Å². The molecule has 0 radical (unpaired) electrons. The van der Waals surface area contributed by atoms with Crippen molar-refractivity contribution < 1.29 is 18.7 Å². The van der Waals surface area contributed by atoms with Crippen molar-refractivity contribution in [3.8, 4) is 22.3 Å². The van der Waals surface area contributed by atoms with Crippen LogP contribution in [0, 0.1) is 0 Å². The second-order valence-electron chi connectivity index (χ2n) is 5.43. The number of amides is 1. The topological polar surface area (TPSA) is 86.5 Å². The van der Waals surface area contributed by atoms with E-state index in [9.17, 15) is 4.79 Å². The summed E-state index contributed by atoms with van der Waals surface area (Å²) < 4.78 is 16.0. The average molecular weight is 406 g/mol. The van der Waals surface area contributed by atoms with Gasteiger partial charge in [0.15, 0.2) is 11.5 Å². The molecule has 0 saturated heterocycles. The van der Waals surface area contributed by atoms with E-state index in [4.69, 9.17) is 13.9 Å². The van der Waals surface area contributed by atoms with Crippen molar-refractivity contribution in [3.05, 3.63) is 41.3 Å². The molecule has 0 bridgehead atoms. The Kier molecular flexibility index (Phi) is 6.72. The molecule has 3 aromatic rings. The number of hydrogen-bond acceptors (Lipinski definition) is 8. The lowest BCUT2D eigenvalue weighted by Gasteiger charge is -2.10. The molecular formula is C18H19N3O4S2.